The monoisotopic (exact) mass is 274 g/mol. The quantitative estimate of drug-likeness (QED) is 0.894. The maximum atomic E-state index is 12.3. The molecular formula is C14H18N4O2. The molecule has 0 aliphatic carbocycles. The third kappa shape index (κ3) is 2.59. The van der Waals surface area contributed by atoms with Crippen molar-refractivity contribution < 1.29 is 9.53 Å². The molecule has 0 aliphatic heterocycles. The summed E-state index contributed by atoms with van der Waals surface area (Å²) in [6, 6.07) is 5.57. The zero-order valence-corrected chi connectivity index (χ0v) is 11.8. The fourth-order valence-corrected chi connectivity index (χ4v) is 1.99. The number of carbonyl (C=O) groups is 1. The molecule has 0 unspecified atom stereocenters. The Hall–Kier alpha value is -2.50. The molecule has 0 aliphatic rings. The maximum Gasteiger partial charge on any atom is 0.276 e. The van der Waals surface area contributed by atoms with E-state index in [1.165, 1.54) is 6.20 Å². The standard InChI is InChI=1S/C14H18N4O2/c1-4-18-13(10(15)8-16-18)14(19)17-11-7-9(2)5-6-12(11)20-3/h5-8H,4,15H2,1-3H3,(H,17,19). The highest BCUT2D eigenvalue weighted by atomic mass is 16.5. The van der Waals surface area contributed by atoms with Crippen LogP contribution in [0.4, 0.5) is 11.4 Å². The minimum Gasteiger partial charge on any atom is -0.495 e. The minimum atomic E-state index is -0.300. The average molecular weight is 274 g/mol. The summed E-state index contributed by atoms with van der Waals surface area (Å²) in [4.78, 5) is 12.3. The molecule has 2 rings (SSSR count). The predicted octanol–water partition coefficient (Wildman–Crippen LogP) is 2.05. The molecule has 6 nitrogen and oxygen atoms in total. The van der Waals surface area contributed by atoms with E-state index in [0.717, 1.165) is 5.56 Å². The van der Waals surface area contributed by atoms with Crippen molar-refractivity contribution in [3.63, 3.8) is 0 Å². The first-order chi connectivity index (χ1) is 9.56. The summed E-state index contributed by atoms with van der Waals surface area (Å²) in [7, 11) is 1.56. The van der Waals surface area contributed by atoms with Gasteiger partial charge in [-0.3, -0.25) is 9.48 Å². The van der Waals surface area contributed by atoms with Gasteiger partial charge in [-0.25, -0.2) is 0 Å². The predicted molar refractivity (Wildman–Crippen MR) is 78.0 cm³/mol. The summed E-state index contributed by atoms with van der Waals surface area (Å²) in [6.07, 6.45) is 1.48. The fraction of sp³-hybridized carbons (Fsp3) is 0.286. The van der Waals surface area contributed by atoms with Gasteiger partial charge in [0.25, 0.3) is 5.91 Å². The lowest BCUT2D eigenvalue weighted by Gasteiger charge is -2.12. The highest BCUT2D eigenvalue weighted by Crippen LogP contribution is 2.26. The number of ether oxygens (including phenoxy) is 1. The summed E-state index contributed by atoms with van der Waals surface area (Å²) < 4.78 is 6.80. The molecule has 0 radical (unpaired) electrons. The highest BCUT2D eigenvalue weighted by Gasteiger charge is 2.17. The summed E-state index contributed by atoms with van der Waals surface area (Å²) in [5.41, 5.74) is 8.15. The van der Waals surface area contributed by atoms with Crippen molar-refractivity contribution in [1.82, 2.24) is 9.78 Å². The first-order valence-electron chi connectivity index (χ1n) is 6.34. The first-order valence-corrected chi connectivity index (χ1v) is 6.34. The number of benzene rings is 1. The number of nitrogens with two attached hydrogens (primary N) is 1. The van der Waals surface area contributed by atoms with Gasteiger partial charge in [0.05, 0.1) is 24.7 Å². The van der Waals surface area contributed by atoms with Crippen LogP contribution in [0.15, 0.2) is 24.4 Å². The largest absolute Gasteiger partial charge is 0.495 e. The topological polar surface area (TPSA) is 82.2 Å². The van der Waals surface area contributed by atoms with Gasteiger partial charge in [-0.1, -0.05) is 6.07 Å². The van der Waals surface area contributed by atoms with Crippen LogP contribution in [0.1, 0.15) is 23.0 Å². The lowest BCUT2D eigenvalue weighted by molar-refractivity contribution is 0.101. The minimum absolute atomic E-state index is 0.300. The Labute approximate surface area is 117 Å². The number of methoxy groups -OCH3 is 1. The van der Waals surface area contributed by atoms with Gasteiger partial charge >= 0.3 is 0 Å². The molecule has 0 saturated heterocycles. The van der Waals surface area contributed by atoms with Crippen molar-refractivity contribution in [2.24, 2.45) is 0 Å². The first kappa shape index (κ1) is 13.9. The van der Waals surface area contributed by atoms with E-state index >= 15 is 0 Å². The van der Waals surface area contributed by atoms with Crippen LogP contribution in [0.25, 0.3) is 0 Å². The van der Waals surface area contributed by atoms with E-state index in [1.807, 2.05) is 32.0 Å². The van der Waals surface area contributed by atoms with E-state index in [0.29, 0.717) is 29.4 Å². The number of amides is 1. The molecule has 1 aromatic heterocycles. The molecule has 2 aromatic rings. The van der Waals surface area contributed by atoms with Crippen LogP contribution in [-0.2, 0) is 6.54 Å². The number of anilines is 2. The molecule has 1 amide bonds. The number of nitrogens with one attached hydrogen (secondary N) is 1. The summed E-state index contributed by atoms with van der Waals surface area (Å²) >= 11 is 0. The van der Waals surface area contributed by atoms with Crippen LogP contribution in [0.2, 0.25) is 0 Å². The van der Waals surface area contributed by atoms with Crippen molar-refractivity contribution in [2.45, 2.75) is 20.4 Å². The molecule has 106 valence electrons. The second kappa shape index (κ2) is 5.64. The molecule has 0 bridgehead atoms. The maximum absolute atomic E-state index is 12.3. The van der Waals surface area contributed by atoms with E-state index < -0.39 is 0 Å². The Morgan fingerprint density at radius 3 is 2.90 bits per heavy atom. The third-order valence-electron chi connectivity index (χ3n) is 2.99. The molecule has 6 heteroatoms. The van der Waals surface area contributed by atoms with Gasteiger partial charge in [0.1, 0.15) is 11.4 Å². The van der Waals surface area contributed by atoms with Gasteiger partial charge < -0.3 is 15.8 Å². The van der Waals surface area contributed by atoms with Crippen LogP contribution in [-0.4, -0.2) is 22.8 Å². The van der Waals surface area contributed by atoms with Crippen LogP contribution in [0.3, 0.4) is 0 Å². The van der Waals surface area contributed by atoms with Gasteiger partial charge in [0, 0.05) is 6.54 Å². The molecular weight excluding hydrogens is 256 g/mol. The van der Waals surface area contributed by atoms with Crippen molar-refractivity contribution in [3.8, 4) is 5.75 Å². The Bertz CT molecular complexity index is 634. The lowest BCUT2D eigenvalue weighted by atomic mass is 10.2. The summed E-state index contributed by atoms with van der Waals surface area (Å²) in [5.74, 6) is 0.302. The van der Waals surface area contributed by atoms with Gasteiger partial charge in [0.15, 0.2) is 0 Å². The van der Waals surface area contributed by atoms with Crippen molar-refractivity contribution in [3.05, 3.63) is 35.7 Å². The number of rotatable bonds is 4. The number of carbonyl (C=O) groups excluding carboxylic acids is 1. The van der Waals surface area contributed by atoms with Crippen LogP contribution >= 0.6 is 0 Å². The summed E-state index contributed by atoms with van der Waals surface area (Å²) in [5, 5.41) is 6.87. The number of hydrogen-bond acceptors (Lipinski definition) is 4. The molecule has 0 saturated carbocycles. The normalized spacial score (nSPS) is 10.3. The van der Waals surface area contributed by atoms with Gasteiger partial charge in [-0.2, -0.15) is 5.10 Å². The Morgan fingerprint density at radius 1 is 1.50 bits per heavy atom. The van der Waals surface area contributed by atoms with E-state index in [4.69, 9.17) is 10.5 Å². The highest BCUT2D eigenvalue weighted by molar-refractivity contribution is 6.07. The lowest BCUT2D eigenvalue weighted by Crippen LogP contribution is -2.19. The van der Waals surface area contributed by atoms with E-state index in [1.54, 1.807) is 11.8 Å². The molecule has 0 atom stereocenters. The molecule has 0 fully saturated rings. The second-order valence-electron chi connectivity index (χ2n) is 4.42. The zero-order chi connectivity index (χ0) is 14.7. The summed E-state index contributed by atoms with van der Waals surface area (Å²) in [6.45, 7) is 4.42. The van der Waals surface area contributed by atoms with Crippen LogP contribution in [0.5, 0.6) is 5.75 Å². The molecule has 0 spiro atoms. The van der Waals surface area contributed by atoms with Crippen molar-refractivity contribution in [2.75, 3.05) is 18.2 Å². The molecule has 1 heterocycles. The van der Waals surface area contributed by atoms with E-state index in [2.05, 4.69) is 10.4 Å². The number of nitrogen functional groups attached to an aromatic ring is 1. The van der Waals surface area contributed by atoms with Gasteiger partial charge in [-0.15, -0.1) is 0 Å². The Balaban J connectivity index is 2.32. The SMILES string of the molecule is CCn1ncc(N)c1C(=O)Nc1cc(C)ccc1OC. The zero-order valence-electron chi connectivity index (χ0n) is 11.8. The van der Waals surface area contributed by atoms with E-state index in [9.17, 15) is 4.79 Å². The Kier molecular flexibility index (Phi) is 3.93. The van der Waals surface area contributed by atoms with Gasteiger partial charge in [0.2, 0.25) is 0 Å². The Morgan fingerprint density at radius 2 is 2.25 bits per heavy atom. The fourth-order valence-electron chi connectivity index (χ4n) is 1.99. The molecule has 3 N–H and O–H groups in total. The smallest absolute Gasteiger partial charge is 0.276 e. The van der Waals surface area contributed by atoms with Gasteiger partial charge in [-0.05, 0) is 31.5 Å². The van der Waals surface area contributed by atoms with Crippen LogP contribution < -0.4 is 15.8 Å². The molecule has 1 aromatic carbocycles. The average Bonchev–Trinajstić information content (AvgIpc) is 2.80. The number of aromatic nitrogens is 2. The molecule has 20 heavy (non-hydrogen) atoms. The third-order valence-corrected chi connectivity index (χ3v) is 2.99. The number of nitrogens with zero attached hydrogens (tertiary/aromatic N) is 2. The number of aryl methyl sites for hydroxylation is 2. The van der Waals surface area contributed by atoms with Crippen molar-refractivity contribution >= 4 is 17.3 Å². The van der Waals surface area contributed by atoms with Crippen LogP contribution in [0, 0.1) is 6.92 Å². The van der Waals surface area contributed by atoms with E-state index in [-0.39, 0.29) is 5.91 Å². The second-order valence-corrected chi connectivity index (χ2v) is 4.42. The number of hydrogen-bond donors (Lipinski definition) is 2. The van der Waals surface area contributed by atoms with Crippen molar-refractivity contribution in [1.29, 1.82) is 0 Å².